The third-order valence-corrected chi connectivity index (χ3v) is 4.17. The van der Waals surface area contributed by atoms with E-state index in [4.69, 9.17) is 17.3 Å². The number of anilines is 1. The lowest BCUT2D eigenvalue weighted by atomic mass is 10.1. The molecule has 6 nitrogen and oxygen atoms in total. The monoisotopic (exact) mass is 386 g/mol. The molecule has 0 aliphatic heterocycles. The van der Waals surface area contributed by atoms with Crippen molar-refractivity contribution >= 4 is 29.1 Å². The van der Waals surface area contributed by atoms with Crippen LogP contribution >= 0.6 is 11.6 Å². The predicted octanol–water partition coefficient (Wildman–Crippen LogP) is 3.55. The third-order valence-electron chi connectivity index (χ3n) is 3.96. The third kappa shape index (κ3) is 3.52. The number of amides is 2. The van der Waals surface area contributed by atoms with Crippen LogP contribution in [-0.4, -0.2) is 21.6 Å². The fourth-order valence-corrected chi connectivity index (χ4v) is 2.85. The first kappa shape index (κ1) is 18.2. The number of aryl methyl sites for hydroxylation is 1. The summed E-state index contributed by atoms with van der Waals surface area (Å²) in [5.74, 6) is -1.63. The lowest BCUT2D eigenvalue weighted by Crippen LogP contribution is -2.21. The van der Waals surface area contributed by atoms with Crippen LogP contribution in [0.3, 0.4) is 0 Å². The molecule has 0 radical (unpaired) electrons. The number of rotatable bonds is 4. The Hall–Kier alpha value is -2.55. The van der Waals surface area contributed by atoms with Crippen LogP contribution in [0, 0.1) is 6.92 Å². The van der Waals surface area contributed by atoms with Gasteiger partial charge in [-0.05, 0) is 37.5 Å². The van der Waals surface area contributed by atoms with Crippen molar-refractivity contribution in [3.8, 4) is 0 Å². The topological polar surface area (TPSA) is 90.0 Å². The van der Waals surface area contributed by atoms with E-state index >= 15 is 0 Å². The van der Waals surface area contributed by atoms with Crippen LogP contribution in [0.1, 0.15) is 51.0 Å². The van der Waals surface area contributed by atoms with Crippen molar-refractivity contribution in [1.82, 2.24) is 9.78 Å². The lowest BCUT2D eigenvalue weighted by Gasteiger charge is -2.13. The van der Waals surface area contributed by atoms with E-state index in [0.29, 0.717) is 24.5 Å². The summed E-state index contributed by atoms with van der Waals surface area (Å²) in [6, 6.07) is 3.24. The Morgan fingerprint density at radius 1 is 1.31 bits per heavy atom. The summed E-state index contributed by atoms with van der Waals surface area (Å²) in [5, 5.41) is 6.23. The van der Waals surface area contributed by atoms with E-state index in [9.17, 15) is 22.8 Å². The number of nitrogens with one attached hydrogen (secondary N) is 1. The van der Waals surface area contributed by atoms with Gasteiger partial charge in [-0.25, -0.2) is 0 Å². The van der Waals surface area contributed by atoms with Crippen molar-refractivity contribution in [1.29, 1.82) is 0 Å². The second-order valence-electron chi connectivity index (χ2n) is 6.05. The minimum atomic E-state index is -4.66. The summed E-state index contributed by atoms with van der Waals surface area (Å²) in [7, 11) is 0. The van der Waals surface area contributed by atoms with Gasteiger partial charge >= 0.3 is 6.18 Å². The molecule has 3 rings (SSSR count). The average molecular weight is 387 g/mol. The number of hydrogen-bond donors (Lipinski definition) is 2. The first-order valence-electron chi connectivity index (χ1n) is 7.66. The summed E-state index contributed by atoms with van der Waals surface area (Å²) in [6.45, 7) is 1.59. The van der Waals surface area contributed by atoms with Gasteiger partial charge in [0.15, 0.2) is 5.69 Å². The summed E-state index contributed by atoms with van der Waals surface area (Å²) < 4.78 is 39.9. The molecule has 2 amide bonds. The van der Waals surface area contributed by atoms with E-state index in [1.54, 1.807) is 6.92 Å². The molecule has 0 atom stereocenters. The fourth-order valence-electron chi connectivity index (χ4n) is 2.58. The van der Waals surface area contributed by atoms with Gasteiger partial charge in [0, 0.05) is 11.1 Å². The highest BCUT2D eigenvalue weighted by atomic mass is 35.5. The minimum absolute atomic E-state index is 0.0307. The lowest BCUT2D eigenvalue weighted by molar-refractivity contribution is -0.141. The van der Waals surface area contributed by atoms with Crippen LogP contribution in [0.5, 0.6) is 0 Å². The minimum Gasteiger partial charge on any atom is -0.366 e. The number of halogens is 4. The van der Waals surface area contributed by atoms with Crippen LogP contribution in [0.4, 0.5) is 18.9 Å². The molecular formula is C16H14ClF3N4O2. The number of carbonyl (C=O) groups excluding carboxylic acids is 2. The number of carbonyl (C=O) groups is 2. The van der Waals surface area contributed by atoms with Gasteiger partial charge in [0.05, 0.1) is 17.3 Å². The van der Waals surface area contributed by atoms with E-state index in [-0.39, 0.29) is 28.0 Å². The molecule has 1 aromatic heterocycles. The summed E-state index contributed by atoms with van der Waals surface area (Å²) in [4.78, 5) is 24.2. The molecule has 1 fully saturated rings. The Morgan fingerprint density at radius 2 is 1.96 bits per heavy atom. The zero-order valence-corrected chi connectivity index (χ0v) is 14.3. The molecule has 1 aromatic carbocycles. The molecule has 0 bridgehead atoms. The molecule has 1 aliphatic rings. The molecule has 138 valence electrons. The number of primary amides is 1. The number of benzene rings is 1. The van der Waals surface area contributed by atoms with E-state index in [1.807, 2.05) is 0 Å². The molecule has 1 saturated carbocycles. The SMILES string of the molecule is Cc1cc(Cl)cc(C(N)=O)c1NC(=O)c1cc(C(F)(F)F)nn1C1CC1. The van der Waals surface area contributed by atoms with Crippen LogP contribution in [0.2, 0.25) is 5.02 Å². The zero-order valence-electron chi connectivity index (χ0n) is 13.5. The quantitative estimate of drug-likeness (QED) is 0.842. The van der Waals surface area contributed by atoms with Crippen molar-refractivity contribution in [3.63, 3.8) is 0 Å². The van der Waals surface area contributed by atoms with Gasteiger partial charge in [0.2, 0.25) is 0 Å². The van der Waals surface area contributed by atoms with Gasteiger partial charge < -0.3 is 11.1 Å². The van der Waals surface area contributed by atoms with Gasteiger partial charge in [-0.3, -0.25) is 14.3 Å². The Morgan fingerprint density at radius 3 is 2.50 bits per heavy atom. The summed E-state index contributed by atoms with van der Waals surface area (Å²) in [5.41, 5.74) is 4.45. The van der Waals surface area contributed by atoms with Crippen LogP contribution < -0.4 is 11.1 Å². The predicted molar refractivity (Wildman–Crippen MR) is 88.2 cm³/mol. The summed E-state index contributed by atoms with van der Waals surface area (Å²) >= 11 is 5.89. The molecule has 2 aromatic rings. The van der Waals surface area contributed by atoms with Gasteiger partial charge in [-0.2, -0.15) is 18.3 Å². The molecule has 1 aliphatic carbocycles. The van der Waals surface area contributed by atoms with Gasteiger partial charge in [-0.15, -0.1) is 0 Å². The van der Waals surface area contributed by atoms with E-state index in [2.05, 4.69) is 10.4 Å². The average Bonchev–Trinajstić information content (AvgIpc) is 3.26. The van der Waals surface area contributed by atoms with Crippen molar-refractivity contribution in [2.24, 2.45) is 5.73 Å². The van der Waals surface area contributed by atoms with E-state index in [1.165, 1.54) is 12.1 Å². The van der Waals surface area contributed by atoms with Gasteiger partial charge in [-0.1, -0.05) is 11.6 Å². The maximum atomic E-state index is 13.0. The maximum absolute atomic E-state index is 13.0. The standard InChI is InChI=1S/C16H14ClF3N4O2/c1-7-4-8(17)5-10(14(21)25)13(7)22-15(26)11-6-12(16(18,19)20)23-24(11)9-2-3-9/h4-6,9H,2-3H2,1H3,(H2,21,25)(H,22,26). The number of nitrogens with zero attached hydrogens (tertiary/aromatic N) is 2. The first-order chi connectivity index (χ1) is 12.1. The Bertz CT molecular complexity index is 904. The highest BCUT2D eigenvalue weighted by molar-refractivity contribution is 6.31. The second kappa shape index (κ2) is 6.31. The number of hydrogen-bond acceptors (Lipinski definition) is 3. The van der Waals surface area contributed by atoms with Crippen molar-refractivity contribution < 1.29 is 22.8 Å². The normalized spacial score (nSPS) is 14.3. The fraction of sp³-hybridized carbons (Fsp3) is 0.312. The second-order valence-corrected chi connectivity index (χ2v) is 6.49. The van der Waals surface area contributed by atoms with Crippen LogP contribution in [0.25, 0.3) is 0 Å². The molecule has 26 heavy (non-hydrogen) atoms. The first-order valence-corrected chi connectivity index (χ1v) is 8.03. The molecule has 10 heteroatoms. The number of aromatic nitrogens is 2. The molecule has 0 saturated heterocycles. The molecule has 0 spiro atoms. The van der Waals surface area contributed by atoms with Crippen LogP contribution in [0.15, 0.2) is 18.2 Å². The van der Waals surface area contributed by atoms with Crippen molar-refractivity contribution in [2.45, 2.75) is 32.0 Å². The largest absolute Gasteiger partial charge is 0.435 e. The Balaban J connectivity index is 1.99. The van der Waals surface area contributed by atoms with Gasteiger partial charge in [0.1, 0.15) is 5.69 Å². The maximum Gasteiger partial charge on any atom is 0.435 e. The van der Waals surface area contributed by atoms with Gasteiger partial charge in [0.25, 0.3) is 11.8 Å². The van der Waals surface area contributed by atoms with Crippen LogP contribution in [-0.2, 0) is 6.18 Å². The van der Waals surface area contributed by atoms with Crippen molar-refractivity contribution in [2.75, 3.05) is 5.32 Å². The Kier molecular flexibility index (Phi) is 4.43. The zero-order chi connectivity index (χ0) is 19.2. The highest BCUT2D eigenvalue weighted by Gasteiger charge is 2.38. The number of nitrogens with two attached hydrogens (primary N) is 1. The molecule has 3 N–H and O–H groups in total. The van der Waals surface area contributed by atoms with E-state index < -0.39 is 23.7 Å². The van der Waals surface area contributed by atoms with E-state index in [0.717, 1.165) is 4.68 Å². The highest BCUT2D eigenvalue weighted by Crippen LogP contribution is 2.38. The Labute approximate surface area is 151 Å². The summed E-state index contributed by atoms with van der Waals surface area (Å²) in [6.07, 6.45) is -3.37. The smallest absolute Gasteiger partial charge is 0.366 e. The molecular weight excluding hydrogens is 373 g/mol. The molecule has 1 heterocycles. The number of alkyl halides is 3. The molecule has 0 unspecified atom stereocenters. The van der Waals surface area contributed by atoms with Crippen molar-refractivity contribution in [3.05, 3.63) is 45.7 Å².